The summed E-state index contributed by atoms with van der Waals surface area (Å²) in [5.74, 6) is -1.50. The fourth-order valence-electron chi connectivity index (χ4n) is 2.34. The molecular formula is C12H15ClFNO5S. The van der Waals surface area contributed by atoms with Crippen LogP contribution >= 0.6 is 11.6 Å². The Labute approximate surface area is 126 Å². The molecule has 1 aliphatic carbocycles. The molecule has 0 bridgehead atoms. The summed E-state index contributed by atoms with van der Waals surface area (Å²) in [6, 6.07) is 1.18. The van der Waals surface area contributed by atoms with Crippen molar-refractivity contribution in [3.05, 3.63) is 17.5 Å². The highest BCUT2D eigenvalue weighted by Gasteiger charge is 2.38. The van der Waals surface area contributed by atoms with Gasteiger partial charge in [0.25, 0.3) is 0 Å². The van der Waals surface area contributed by atoms with Crippen molar-refractivity contribution in [2.45, 2.75) is 36.2 Å². The first kappa shape index (κ1) is 16.3. The van der Waals surface area contributed by atoms with Gasteiger partial charge in [0.1, 0.15) is 10.6 Å². The van der Waals surface area contributed by atoms with Crippen molar-refractivity contribution in [3.63, 3.8) is 0 Å². The number of aliphatic carboxylic acids is 1. The summed E-state index contributed by atoms with van der Waals surface area (Å²) in [7, 11) is -3.95. The number of halogens is 2. The highest BCUT2D eigenvalue weighted by atomic mass is 35.5. The van der Waals surface area contributed by atoms with E-state index in [2.05, 4.69) is 4.72 Å². The maximum absolute atomic E-state index is 14.5. The molecule has 0 spiro atoms. The van der Waals surface area contributed by atoms with E-state index in [1.807, 2.05) is 0 Å². The first-order chi connectivity index (χ1) is 9.73. The molecule has 0 aliphatic heterocycles. The van der Waals surface area contributed by atoms with Crippen LogP contribution in [0.25, 0.3) is 0 Å². The lowest BCUT2D eigenvalue weighted by atomic mass is 9.80. The van der Waals surface area contributed by atoms with Crippen molar-refractivity contribution >= 4 is 27.6 Å². The minimum Gasteiger partial charge on any atom is -0.481 e. The molecule has 0 atom stereocenters. The molecule has 118 valence electrons. The number of hydrogen-bond acceptors (Lipinski definition) is 4. The van der Waals surface area contributed by atoms with Gasteiger partial charge in [0.05, 0.1) is 12.2 Å². The van der Waals surface area contributed by atoms with Gasteiger partial charge in [-0.15, -0.1) is 0 Å². The van der Waals surface area contributed by atoms with Crippen LogP contribution in [-0.4, -0.2) is 31.7 Å². The zero-order chi connectivity index (χ0) is 15.7. The van der Waals surface area contributed by atoms with E-state index in [4.69, 9.17) is 21.1 Å². The average Bonchev–Trinajstić information content (AvgIpc) is 2.84. The number of alkyl halides is 1. The van der Waals surface area contributed by atoms with Crippen LogP contribution in [0.3, 0.4) is 0 Å². The highest BCUT2D eigenvalue weighted by molar-refractivity contribution is 7.89. The number of carbonyl (C=O) groups is 1. The second-order valence-electron chi connectivity index (χ2n) is 5.15. The lowest BCUT2D eigenvalue weighted by Gasteiger charge is -2.32. The third kappa shape index (κ3) is 3.75. The topological polar surface area (TPSA) is 96.6 Å². The number of sulfonamides is 1. The van der Waals surface area contributed by atoms with Crippen LogP contribution in [0.4, 0.5) is 4.39 Å². The van der Waals surface area contributed by atoms with Gasteiger partial charge in [0, 0.05) is 6.54 Å². The van der Waals surface area contributed by atoms with Gasteiger partial charge in [-0.05, 0) is 43.4 Å². The van der Waals surface area contributed by atoms with Crippen molar-refractivity contribution in [2.24, 2.45) is 5.92 Å². The van der Waals surface area contributed by atoms with Crippen molar-refractivity contribution in [3.8, 4) is 0 Å². The first-order valence-corrected chi connectivity index (χ1v) is 8.24. The average molecular weight is 340 g/mol. The SMILES string of the molecule is O=C(O)C1CCC(F)(CNS(=O)(=O)c2ccoc2Cl)CC1. The Hall–Kier alpha value is -1.12. The molecular weight excluding hydrogens is 325 g/mol. The van der Waals surface area contributed by atoms with Crippen LogP contribution in [0.1, 0.15) is 25.7 Å². The lowest BCUT2D eigenvalue weighted by molar-refractivity contribution is -0.143. The number of furan rings is 1. The van der Waals surface area contributed by atoms with E-state index in [0.29, 0.717) is 0 Å². The number of carboxylic acids is 1. The molecule has 0 amide bonds. The Kier molecular flexibility index (Phi) is 4.60. The van der Waals surface area contributed by atoms with Gasteiger partial charge in [-0.2, -0.15) is 0 Å². The Morgan fingerprint density at radius 3 is 2.62 bits per heavy atom. The molecule has 0 radical (unpaired) electrons. The van der Waals surface area contributed by atoms with Gasteiger partial charge in [-0.3, -0.25) is 4.79 Å². The Bertz CT molecular complexity index is 621. The van der Waals surface area contributed by atoms with Crippen molar-refractivity contribution in [2.75, 3.05) is 6.54 Å². The number of nitrogens with one attached hydrogen (secondary N) is 1. The monoisotopic (exact) mass is 339 g/mol. The summed E-state index contributed by atoms with van der Waals surface area (Å²) in [5, 5.41) is 8.58. The van der Waals surface area contributed by atoms with Crippen LogP contribution < -0.4 is 4.72 Å². The molecule has 1 heterocycles. The quantitative estimate of drug-likeness (QED) is 0.857. The third-order valence-electron chi connectivity index (χ3n) is 3.68. The van der Waals surface area contributed by atoms with Gasteiger partial charge in [0.15, 0.2) is 0 Å². The molecule has 0 aromatic carbocycles. The molecule has 2 N–H and O–H groups in total. The van der Waals surface area contributed by atoms with E-state index in [-0.39, 0.29) is 35.8 Å². The molecule has 21 heavy (non-hydrogen) atoms. The molecule has 6 nitrogen and oxygen atoms in total. The van der Waals surface area contributed by atoms with E-state index in [9.17, 15) is 17.6 Å². The van der Waals surface area contributed by atoms with Crippen LogP contribution in [0.15, 0.2) is 21.6 Å². The summed E-state index contributed by atoms with van der Waals surface area (Å²) >= 11 is 5.59. The summed E-state index contributed by atoms with van der Waals surface area (Å²) in [6.07, 6.45) is 1.53. The fraction of sp³-hybridized carbons (Fsp3) is 0.583. The van der Waals surface area contributed by atoms with Crippen molar-refractivity contribution in [1.82, 2.24) is 4.72 Å². The van der Waals surface area contributed by atoms with Crippen LogP contribution in [-0.2, 0) is 14.8 Å². The molecule has 2 rings (SSSR count). The van der Waals surface area contributed by atoms with E-state index in [1.165, 1.54) is 6.07 Å². The van der Waals surface area contributed by atoms with Gasteiger partial charge < -0.3 is 9.52 Å². The smallest absolute Gasteiger partial charge is 0.306 e. The van der Waals surface area contributed by atoms with E-state index < -0.39 is 34.1 Å². The fourth-order valence-corrected chi connectivity index (χ4v) is 3.85. The Balaban J connectivity index is 1.97. The number of hydrogen-bond donors (Lipinski definition) is 2. The Morgan fingerprint density at radius 2 is 2.14 bits per heavy atom. The maximum atomic E-state index is 14.5. The predicted octanol–water partition coefficient (Wildman–Crippen LogP) is 2.19. The molecule has 9 heteroatoms. The molecule has 0 saturated heterocycles. The van der Waals surface area contributed by atoms with E-state index >= 15 is 0 Å². The Morgan fingerprint density at radius 1 is 1.52 bits per heavy atom. The molecule has 0 unspecified atom stereocenters. The van der Waals surface area contributed by atoms with Crippen molar-refractivity contribution in [1.29, 1.82) is 0 Å². The van der Waals surface area contributed by atoms with Gasteiger partial charge in [-0.25, -0.2) is 17.5 Å². The maximum Gasteiger partial charge on any atom is 0.306 e. The van der Waals surface area contributed by atoms with Gasteiger partial charge in [0.2, 0.25) is 15.2 Å². The van der Waals surface area contributed by atoms with E-state index in [0.717, 1.165) is 6.26 Å². The largest absolute Gasteiger partial charge is 0.481 e. The zero-order valence-electron chi connectivity index (χ0n) is 11.0. The summed E-state index contributed by atoms with van der Waals surface area (Å²) in [4.78, 5) is 10.6. The van der Waals surface area contributed by atoms with Crippen LogP contribution in [0.5, 0.6) is 0 Å². The summed E-state index contributed by atoms with van der Waals surface area (Å²) in [6.45, 7) is -0.414. The first-order valence-electron chi connectivity index (χ1n) is 6.38. The van der Waals surface area contributed by atoms with E-state index in [1.54, 1.807) is 0 Å². The van der Waals surface area contributed by atoms with Crippen molar-refractivity contribution < 1.29 is 27.1 Å². The standard InChI is InChI=1S/C12H15ClFNO5S/c13-10-9(3-6-20-10)21(18,19)15-7-12(14)4-1-8(2-5-12)11(16)17/h3,6,8,15H,1-2,4-5,7H2,(H,16,17). The van der Waals surface area contributed by atoms with Crippen LogP contribution in [0.2, 0.25) is 5.22 Å². The van der Waals surface area contributed by atoms with Gasteiger partial charge >= 0.3 is 5.97 Å². The summed E-state index contributed by atoms with van der Waals surface area (Å²) in [5.41, 5.74) is -1.74. The van der Waals surface area contributed by atoms with Crippen LogP contribution in [0, 0.1) is 5.92 Å². The predicted molar refractivity (Wildman–Crippen MR) is 72.3 cm³/mol. The molecule has 1 aromatic heterocycles. The molecule has 1 saturated carbocycles. The normalized spacial score (nSPS) is 26.7. The molecule has 1 aliphatic rings. The number of carboxylic acid groups (broad SMARTS) is 1. The lowest BCUT2D eigenvalue weighted by Crippen LogP contribution is -2.43. The highest BCUT2D eigenvalue weighted by Crippen LogP contribution is 2.35. The third-order valence-corrected chi connectivity index (χ3v) is 5.51. The molecule has 1 fully saturated rings. The molecule has 1 aromatic rings. The zero-order valence-corrected chi connectivity index (χ0v) is 12.6. The minimum absolute atomic E-state index is 0.00556. The second-order valence-corrected chi connectivity index (χ2v) is 7.23. The minimum atomic E-state index is -3.95. The second kappa shape index (κ2) is 5.94. The summed E-state index contributed by atoms with van der Waals surface area (Å²) < 4.78 is 45.3. The number of rotatable bonds is 5. The van der Waals surface area contributed by atoms with Gasteiger partial charge in [-0.1, -0.05) is 0 Å².